The Bertz CT molecular complexity index is 1200. The average Bonchev–Trinajstić information content (AvgIpc) is 3.22. The SMILES string of the molecule is c1ccc(C2(N3CCC3)CCC(c3[nH]c4ccccc4c3CCc3ccncc3)CC2)cc1. The highest BCUT2D eigenvalue weighted by molar-refractivity contribution is 5.85. The van der Waals surface area contributed by atoms with Gasteiger partial charge in [0.25, 0.3) is 0 Å². The Morgan fingerprint density at radius 2 is 1.58 bits per heavy atom. The van der Waals surface area contributed by atoms with E-state index in [-0.39, 0.29) is 5.54 Å². The highest BCUT2D eigenvalue weighted by Gasteiger charge is 2.44. The quantitative estimate of drug-likeness (QED) is 0.370. The van der Waals surface area contributed by atoms with Crippen LogP contribution in [0.2, 0.25) is 0 Å². The van der Waals surface area contributed by atoms with Gasteiger partial charge in [-0.15, -0.1) is 0 Å². The van der Waals surface area contributed by atoms with Gasteiger partial charge in [-0.1, -0.05) is 48.5 Å². The number of aryl methyl sites for hydroxylation is 2. The van der Waals surface area contributed by atoms with E-state index in [4.69, 9.17) is 0 Å². The van der Waals surface area contributed by atoms with Gasteiger partial charge in [0.2, 0.25) is 0 Å². The minimum atomic E-state index is 0.235. The number of H-pyrrole nitrogens is 1. The molecule has 0 amide bonds. The van der Waals surface area contributed by atoms with Gasteiger partial charge in [0.1, 0.15) is 0 Å². The van der Waals surface area contributed by atoms with E-state index in [0.717, 1.165) is 12.8 Å². The number of rotatable bonds is 6. The van der Waals surface area contributed by atoms with Crippen molar-refractivity contribution in [3.8, 4) is 0 Å². The van der Waals surface area contributed by atoms with Crippen molar-refractivity contribution in [2.24, 2.45) is 0 Å². The number of aromatic nitrogens is 2. The second kappa shape index (κ2) is 8.79. The molecule has 1 aliphatic carbocycles. The molecule has 1 N–H and O–H groups in total. The lowest BCUT2D eigenvalue weighted by atomic mass is 9.69. The smallest absolute Gasteiger partial charge is 0.0461 e. The number of fused-ring (bicyclic) bond motifs is 1. The highest BCUT2D eigenvalue weighted by Crippen LogP contribution is 2.49. The van der Waals surface area contributed by atoms with Crippen LogP contribution in [0.15, 0.2) is 79.1 Å². The first-order valence-electron chi connectivity index (χ1n) is 12.6. The number of benzene rings is 2. The normalized spacial score (nSPS) is 23.5. The van der Waals surface area contributed by atoms with Crippen molar-refractivity contribution in [3.63, 3.8) is 0 Å². The van der Waals surface area contributed by atoms with E-state index in [0.29, 0.717) is 5.92 Å². The van der Waals surface area contributed by atoms with Crippen LogP contribution in [0, 0.1) is 0 Å². The fourth-order valence-corrected chi connectivity index (χ4v) is 6.32. The van der Waals surface area contributed by atoms with Crippen LogP contribution < -0.4 is 0 Å². The minimum absolute atomic E-state index is 0.235. The Kier molecular flexibility index (Phi) is 5.51. The Morgan fingerprint density at radius 1 is 0.848 bits per heavy atom. The lowest BCUT2D eigenvalue weighted by Gasteiger charge is -2.52. The first-order valence-corrected chi connectivity index (χ1v) is 12.6. The Balaban J connectivity index is 1.29. The van der Waals surface area contributed by atoms with E-state index < -0.39 is 0 Å². The minimum Gasteiger partial charge on any atom is -0.358 e. The van der Waals surface area contributed by atoms with Gasteiger partial charge in [0, 0.05) is 47.6 Å². The van der Waals surface area contributed by atoms with Crippen LogP contribution in [-0.2, 0) is 18.4 Å². The zero-order valence-corrected chi connectivity index (χ0v) is 19.3. The highest BCUT2D eigenvalue weighted by atomic mass is 15.2. The number of hydrogen-bond acceptors (Lipinski definition) is 2. The molecule has 2 aromatic carbocycles. The molecule has 2 aliphatic rings. The summed E-state index contributed by atoms with van der Waals surface area (Å²) in [4.78, 5) is 10.8. The monoisotopic (exact) mass is 435 g/mol. The standard InChI is InChI=1S/C30H33N3/c1-2-7-25(8-3-1)30(33-21-6-22-33)17-13-24(14-18-30)29-27(12-11-23-15-19-31-20-16-23)26-9-4-5-10-28(26)32-29/h1-5,7-10,15-16,19-20,24,32H,6,11-14,17-18,21-22H2. The summed E-state index contributed by atoms with van der Waals surface area (Å²) >= 11 is 0. The average molecular weight is 436 g/mol. The molecular weight excluding hydrogens is 402 g/mol. The van der Waals surface area contributed by atoms with Gasteiger partial charge in [-0.2, -0.15) is 0 Å². The zero-order chi connectivity index (χ0) is 22.1. The van der Waals surface area contributed by atoms with Crippen LogP contribution in [0.25, 0.3) is 10.9 Å². The lowest BCUT2D eigenvalue weighted by Crippen LogP contribution is -2.54. The lowest BCUT2D eigenvalue weighted by molar-refractivity contribution is -0.00688. The largest absolute Gasteiger partial charge is 0.358 e. The van der Waals surface area contributed by atoms with Crippen LogP contribution >= 0.6 is 0 Å². The summed E-state index contributed by atoms with van der Waals surface area (Å²) in [6, 6.07) is 24.5. The fraction of sp³-hybridized carbons (Fsp3) is 0.367. The Morgan fingerprint density at radius 3 is 2.30 bits per heavy atom. The molecular formula is C30H33N3. The molecule has 4 aromatic rings. The van der Waals surface area contributed by atoms with E-state index in [2.05, 4.69) is 81.6 Å². The van der Waals surface area contributed by atoms with E-state index in [1.54, 1.807) is 0 Å². The van der Waals surface area contributed by atoms with Gasteiger partial charge in [-0.3, -0.25) is 9.88 Å². The molecule has 3 nitrogen and oxygen atoms in total. The van der Waals surface area contributed by atoms with Gasteiger partial charge >= 0.3 is 0 Å². The molecule has 0 spiro atoms. The van der Waals surface area contributed by atoms with Gasteiger partial charge in [-0.25, -0.2) is 0 Å². The number of nitrogens with zero attached hydrogens (tertiary/aromatic N) is 2. The molecule has 2 aromatic heterocycles. The molecule has 1 aliphatic heterocycles. The summed E-state index contributed by atoms with van der Waals surface area (Å²) in [6.07, 6.45) is 12.3. The fourth-order valence-electron chi connectivity index (χ4n) is 6.32. The van der Waals surface area contributed by atoms with Crippen molar-refractivity contribution in [2.75, 3.05) is 13.1 Å². The van der Waals surface area contributed by atoms with Crippen molar-refractivity contribution in [3.05, 3.63) is 102 Å². The van der Waals surface area contributed by atoms with Crippen molar-refractivity contribution in [2.45, 2.75) is 56.4 Å². The molecule has 0 bridgehead atoms. The summed E-state index contributed by atoms with van der Waals surface area (Å²) < 4.78 is 0. The molecule has 1 saturated heterocycles. The van der Waals surface area contributed by atoms with Crippen molar-refractivity contribution in [1.29, 1.82) is 0 Å². The summed E-state index contributed by atoms with van der Waals surface area (Å²) in [5, 5.41) is 1.41. The van der Waals surface area contributed by atoms with Crippen LogP contribution in [0.5, 0.6) is 0 Å². The Labute approximate surface area is 196 Å². The molecule has 1 saturated carbocycles. The maximum absolute atomic E-state index is 4.19. The van der Waals surface area contributed by atoms with Gasteiger partial charge in [0.05, 0.1) is 0 Å². The van der Waals surface area contributed by atoms with Gasteiger partial charge < -0.3 is 4.98 Å². The van der Waals surface area contributed by atoms with Crippen LogP contribution in [-0.4, -0.2) is 28.0 Å². The summed E-state index contributed by atoms with van der Waals surface area (Å²) in [7, 11) is 0. The molecule has 3 heterocycles. The third-order valence-electron chi connectivity index (χ3n) is 8.25. The molecule has 0 unspecified atom stereocenters. The first kappa shape index (κ1) is 20.7. The van der Waals surface area contributed by atoms with E-state index in [1.165, 1.54) is 78.5 Å². The molecule has 33 heavy (non-hydrogen) atoms. The van der Waals surface area contributed by atoms with Crippen LogP contribution in [0.3, 0.4) is 0 Å². The summed E-state index contributed by atoms with van der Waals surface area (Å²) in [6.45, 7) is 2.51. The molecule has 2 fully saturated rings. The maximum Gasteiger partial charge on any atom is 0.0461 e. The zero-order valence-electron chi connectivity index (χ0n) is 19.3. The maximum atomic E-state index is 4.19. The number of pyridine rings is 1. The molecule has 0 radical (unpaired) electrons. The number of hydrogen-bond donors (Lipinski definition) is 1. The second-order valence-electron chi connectivity index (χ2n) is 9.93. The molecule has 168 valence electrons. The molecule has 6 rings (SSSR count). The molecule has 0 atom stereocenters. The van der Waals surface area contributed by atoms with Crippen molar-refractivity contribution < 1.29 is 0 Å². The van der Waals surface area contributed by atoms with Crippen molar-refractivity contribution >= 4 is 10.9 Å². The number of aromatic amines is 1. The van der Waals surface area contributed by atoms with E-state index in [9.17, 15) is 0 Å². The summed E-state index contributed by atoms with van der Waals surface area (Å²) in [5.74, 6) is 0.614. The predicted molar refractivity (Wildman–Crippen MR) is 135 cm³/mol. The topological polar surface area (TPSA) is 31.9 Å². The van der Waals surface area contributed by atoms with Gasteiger partial charge in [-0.05, 0) is 85.8 Å². The number of para-hydroxylation sites is 1. The third-order valence-corrected chi connectivity index (χ3v) is 8.25. The second-order valence-corrected chi connectivity index (χ2v) is 9.93. The Hall–Kier alpha value is -2.91. The number of likely N-dealkylation sites (tertiary alicyclic amines) is 1. The predicted octanol–water partition coefficient (Wildman–Crippen LogP) is 6.61. The third kappa shape index (κ3) is 3.79. The summed E-state index contributed by atoms with van der Waals surface area (Å²) in [5.41, 5.74) is 7.45. The first-order chi connectivity index (χ1) is 16.3. The van der Waals surface area contributed by atoms with Gasteiger partial charge in [0.15, 0.2) is 0 Å². The van der Waals surface area contributed by atoms with Crippen LogP contribution in [0.4, 0.5) is 0 Å². The van der Waals surface area contributed by atoms with Crippen molar-refractivity contribution in [1.82, 2.24) is 14.9 Å². The van der Waals surface area contributed by atoms with E-state index in [1.807, 2.05) is 12.4 Å². The van der Waals surface area contributed by atoms with Crippen LogP contribution in [0.1, 0.15) is 60.4 Å². The molecule has 3 heteroatoms. The number of nitrogens with one attached hydrogen (secondary N) is 1. The van der Waals surface area contributed by atoms with E-state index >= 15 is 0 Å².